The first-order chi connectivity index (χ1) is 12.5. The van der Waals surface area contributed by atoms with Crippen molar-refractivity contribution in [2.45, 2.75) is 0 Å². The van der Waals surface area contributed by atoms with Crippen molar-refractivity contribution in [2.24, 2.45) is 0 Å². The van der Waals surface area contributed by atoms with Crippen LogP contribution >= 0.6 is 11.6 Å². The van der Waals surface area contributed by atoms with E-state index >= 15 is 0 Å². The molecule has 0 spiro atoms. The van der Waals surface area contributed by atoms with Crippen LogP contribution in [0.2, 0.25) is 5.02 Å². The Bertz CT molecular complexity index is 982. The first kappa shape index (κ1) is 17.4. The van der Waals surface area contributed by atoms with Gasteiger partial charge in [-0.05, 0) is 54.6 Å². The molecule has 128 valence electrons. The third-order valence-electron chi connectivity index (χ3n) is 3.48. The number of hydrogen-bond acceptors (Lipinski definition) is 4. The Morgan fingerprint density at radius 3 is 2.35 bits per heavy atom. The topological polar surface area (TPSA) is 77.8 Å². The van der Waals surface area contributed by atoms with Crippen LogP contribution in [0.4, 0.5) is 21.5 Å². The molecule has 0 aliphatic carbocycles. The molecule has 1 aromatic heterocycles. The molecule has 0 bridgehead atoms. The molecule has 1 heterocycles. The van der Waals surface area contributed by atoms with Gasteiger partial charge in [-0.3, -0.25) is 4.79 Å². The summed E-state index contributed by atoms with van der Waals surface area (Å²) in [6.07, 6.45) is 1.49. The minimum absolute atomic E-state index is 0.0152. The molecular formula is C19H12ClFN4O. The summed E-state index contributed by atoms with van der Waals surface area (Å²) in [6, 6.07) is 16.0. The first-order valence-corrected chi connectivity index (χ1v) is 7.92. The van der Waals surface area contributed by atoms with Gasteiger partial charge in [-0.15, -0.1) is 0 Å². The zero-order valence-electron chi connectivity index (χ0n) is 13.3. The predicted molar refractivity (Wildman–Crippen MR) is 98.0 cm³/mol. The molecule has 0 saturated carbocycles. The van der Waals surface area contributed by atoms with Crippen LogP contribution in [-0.2, 0) is 0 Å². The number of rotatable bonds is 4. The molecule has 1 amide bonds. The van der Waals surface area contributed by atoms with E-state index in [0.29, 0.717) is 22.6 Å². The van der Waals surface area contributed by atoms with E-state index in [9.17, 15) is 9.18 Å². The van der Waals surface area contributed by atoms with Gasteiger partial charge < -0.3 is 10.6 Å². The quantitative estimate of drug-likeness (QED) is 0.699. The van der Waals surface area contributed by atoms with Crippen molar-refractivity contribution >= 4 is 34.6 Å². The minimum Gasteiger partial charge on any atom is -0.354 e. The summed E-state index contributed by atoms with van der Waals surface area (Å²) in [6.45, 7) is 0. The number of anilines is 3. The lowest BCUT2D eigenvalue weighted by atomic mass is 10.2. The summed E-state index contributed by atoms with van der Waals surface area (Å²) in [4.78, 5) is 16.3. The second-order valence-corrected chi connectivity index (χ2v) is 5.74. The molecule has 0 saturated heterocycles. The Labute approximate surface area is 154 Å². The van der Waals surface area contributed by atoms with E-state index in [-0.39, 0.29) is 16.6 Å². The largest absolute Gasteiger partial charge is 0.354 e. The normalized spacial score (nSPS) is 10.0. The standard InChI is InChI=1S/C19H12ClFN4O/c20-16-9-14(5-7-17(16)21)24-15-6-8-18(23-11-15)19(26)25-13-3-1-12(10-22)2-4-13/h1-9,11,24H,(H,25,26). The fourth-order valence-electron chi connectivity index (χ4n) is 2.17. The lowest BCUT2D eigenvalue weighted by Crippen LogP contribution is -2.13. The molecule has 7 heteroatoms. The van der Waals surface area contributed by atoms with E-state index in [1.807, 2.05) is 6.07 Å². The molecule has 3 rings (SSSR count). The molecule has 0 aliphatic heterocycles. The van der Waals surface area contributed by atoms with E-state index in [1.54, 1.807) is 42.5 Å². The van der Waals surface area contributed by atoms with Crippen molar-refractivity contribution in [3.63, 3.8) is 0 Å². The van der Waals surface area contributed by atoms with Crippen molar-refractivity contribution in [1.29, 1.82) is 5.26 Å². The van der Waals surface area contributed by atoms with Crippen LogP contribution in [0.3, 0.4) is 0 Å². The molecule has 5 nitrogen and oxygen atoms in total. The van der Waals surface area contributed by atoms with Crippen molar-refractivity contribution in [1.82, 2.24) is 4.98 Å². The maximum atomic E-state index is 13.2. The first-order valence-electron chi connectivity index (χ1n) is 7.55. The number of amides is 1. The SMILES string of the molecule is N#Cc1ccc(NC(=O)c2ccc(Nc3ccc(F)c(Cl)c3)cn2)cc1. The molecule has 0 atom stereocenters. The van der Waals surface area contributed by atoms with Crippen molar-refractivity contribution < 1.29 is 9.18 Å². The minimum atomic E-state index is -0.495. The van der Waals surface area contributed by atoms with E-state index in [1.165, 1.54) is 18.3 Å². The van der Waals surface area contributed by atoms with Crippen LogP contribution in [-0.4, -0.2) is 10.9 Å². The fraction of sp³-hybridized carbons (Fsp3) is 0. The number of nitrogens with zero attached hydrogens (tertiary/aromatic N) is 2. The number of nitriles is 1. The molecule has 0 unspecified atom stereocenters. The highest BCUT2D eigenvalue weighted by Crippen LogP contribution is 2.22. The number of nitrogens with one attached hydrogen (secondary N) is 2. The van der Waals surface area contributed by atoms with E-state index in [4.69, 9.17) is 16.9 Å². The van der Waals surface area contributed by atoms with Crippen molar-refractivity contribution in [2.75, 3.05) is 10.6 Å². The number of carbonyl (C=O) groups excluding carboxylic acids is 1. The van der Waals surface area contributed by atoms with Crippen LogP contribution in [0.1, 0.15) is 16.1 Å². The molecule has 2 aromatic carbocycles. The van der Waals surface area contributed by atoms with Crippen LogP contribution in [0.5, 0.6) is 0 Å². The van der Waals surface area contributed by atoms with Crippen LogP contribution in [0.25, 0.3) is 0 Å². The maximum Gasteiger partial charge on any atom is 0.274 e. The van der Waals surface area contributed by atoms with Crippen molar-refractivity contribution in [3.8, 4) is 6.07 Å². The number of hydrogen-bond donors (Lipinski definition) is 2. The molecular weight excluding hydrogens is 355 g/mol. The summed E-state index contributed by atoms with van der Waals surface area (Å²) in [7, 11) is 0. The van der Waals surface area contributed by atoms with Gasteiger partial charge in [0.15, 0.2) is 0 Å². The van der Waals surface area contributed by atoms with E-state index < -0.39 is 5.82 Å². The van der Waals surface area contributed by atoms with Crippen molar-refractivity contribution in [3.05, 3.63) is 82.9 Å². The summed E-state index contributed by atoms with van der Waals surface area (Å²) < 4.78 is 13.2. The molecule has 3 aromatic rings. The predicted octanol–water partition coefficient (Wildman–Crippen LogP) is 4.74. The van der Waals surface area contributed by atoms with Gasteiger partial charge in [0.05, 0.1) is 28.5 Å². The van der Waals surface area contributed by atoms with Gasteiger partial charge in [-0.2, -0.15) is 5.26 Å². The van der Waals surface area contributed by atoms with Gasteiger partial charge in [-0.25, -0.2) is 9.37 Å². The average Bonchev–Trinajstić information content (AvgIpc) is 2.66. The van der Waals surface area contributed by atoms with E-state index in [0.717, 1.165) is 0 Å². The molecule has 0 radical (unpaired) electrons. The Balaban J connectivity index is 1.67. The van der Waals surface area contributed by atoms with Crippen LogP contribution < -0.4 is 10.6 Å². The van der Waals surface area contributed by atoms with Gasteiger partial charge in [0.1, 0.15) is 11.5 Å². The second-order valence-electron chi connectivity index (χ2n) is 5.33. The Morgan fingerprint density at radius 2 is 1.73 bits per heavy atom. The maximum absolute atomic E-state index is 13.2. The average molecular weight is 367 g/mol. The number of halogens is 2. The molecule has 0 aliphatic rings. The fourth-order valence-corrected chi connectivity index (χ4v) is 2.35. The van der Waals surface area contributed by atoms with Crippen LogP contribution in [0.15, 0.2) is 60.8 Å². The van der Waals surface area contributed by atoms with E-state index in [2.05, 4.69) is 15.6 Å². The zero-order valence-corrected chi connectivity index (χ0v) is 14.1. The number of pyridine rings is 1. The summed E-state index contributed by atoms with van der Waals surface area (Å²) in [5, 5.41) is 14.5. The number of aromatic nitrogens is 1. The Morgan fingerprint density at radius 1 is 1.04 bits per heavy atom. The Kier molecular flexibility index (Phi) is 5.11. The van der Waals surface area contributed by atoms with Gasteiger partial charge >= 0.3 is 0 Å². The molecule has 0 fully saturated rings. The number of benzene rings is 2. The monoisotopic (exact) mass is 366 g/mol. The summed E-state index contributed by atoms with van der Waals surface area (Å²) in [5.74, 6) is -0.865. The van der Waals surface area contributed by atoms with Gasteiger partial charge in [0, 0.05) is 11.4 Å². The highest BCUT2D eigenvalue weighted by atomic mass is 35.5. The van der Waals surface area contributed by atoms with Gasteiger partial charge in [0.25, 0.3) is 5.91 Å². The number of carbonyl (C=O) groups is 1. The molecule has 26 heavy (non-hydrogen) atoms. The smallest absolute Gasteiger partial charge is 0.274 e. The highest BCUT2D eigenvalue weighted by molar-refractivity contribution is 6.31. The van der Waals surface area contributed by atoms with Gasteiger partial charge in [0.2, 0.25) is 0 Å². The lowest BCUT2D eigenvalue weighted by Gasteiger charge is -2.08. The summed E-state index contributed by atoms with van der Waals surface area (Å²) >= 11 is 5.74. The third kappa shape index (κ3) is 4.15. The zero-order chi connectivity index (χ0) is 18.5. The Hall–Kier alpha value is -3.43. The van der Waals surface area contributed by atoms with Gasteiger partial charge in [-0.1, -0.05) is 11.6 Å². The third-order valence-corrected chi connectivity index (χ3v) is 3.77. The highest BCUT2D eigenvalue weighted by Gasteiger charge is 2.08. The van der Waals surface area contributed by atoms with Crippen LogP contribution in [0, 0.1) is 17.1 Å². The molecule has 2 N–H and O–H groups in total. The lowest BCUT2D eigenvalue weighted by molar-refractivity contribution is 0.102. The summed E-state index contributed by atoms with van der Waals surface area (Å²) in [5.41, 5.74) is 2.55. The second kappa shape index (κ2) is 7.64.